The van der Waals surface area contributed by atoms with E-state index in [4.69, 9.17) is 11.6 Å². The minimum atomic E-state index is -3.78. The quantitative estimate of drug-likeness (QED) is 0.507. The van der Waals surface area contributed by atoms with Gasteiger partial charge in [0.1, 0.15) is 12.6 Å². The molecule has 190 valence electrons. The molecule has 7 nitrogen and oxygen atoms in total. The van der Waals surface area contributed by atoms with Crippen molar-refractivity contribution in [2.24, 2.45) is 0 Å². The lowest BCUT2D eigenvalue weighted by Crippen LogP contribution is -2.53. The highest BCUT2D eigenvalue weighted by Gasteiger charge is 2.33. The molecule has 1 aliphatic carbocycles. The number of halogens is 1. The second-order valence-electron chi connectivity index (χ2n) is 9.12. The highest BCUT2D eigenvalue weighted by Crippen LogP contribution is 2.26. The molecule has 0 radical (unpaired) electrons. The van der Waals surface area contributed by atoms with Crippen molar-refractivity contribution in [3.63, 3.8) is 0 Å². The van der Waals surface area contributed by atoms with Gasteiger partial charge in [0.05, 0.1) is 11.9 Å². The lowest BCUT2D eigenvalue weighted by Gasteiger charge is -2.33. The summed E-state index contributed by atoms with van der Waals surface area (Å²) in [5.74, 6) is -0.640. The van der Waals surface area contributed by atoms with Crippen LogP contribution in [0, 0.1) is 6.92 Å². The van der Waals surface area contributed by atoms with Gasteiger partial charge >= 0.3 is 0 Å². The largest absolute Gasteiger partial charge is 0.352 e. The minimum Gasteiger partial charge on any atom is -0.352 e. The first-order chi connectivity index (χ1) is 16.6. The summed E-state index contributed by atoms with van der Waals surface area (Å²) in [4.78, 5) is 28.5. The fraction of sp³-hybridized carbons (Fsp3) is 0.462. The standard InChI is InChI=1S/C26H34ClN3O4S/c1-4-23(26(32)28-22-12-8-9-13-22)29(17-20-10-6-5-7-11-20)25(31)18-30(35(3,33)34)24-15-14-21(27)16-19(24)2/h5-7,10-11,14-16,22-23H,4,8-9,12-13,17-18H2,1-3H3,(H,28,32). The maximum atomic E-state index is 13.7. The number of aryl methyl sites for hydroxylation is 1. The number of carbonyl (C=O) groups excluding carboxylic acids is 2. The van der Waals surface area contributed by atoms with Gasteiger partial charge in [0.2, 0.25) is 21.8 Å². The number of nitrogens with zero attached hydrogens (tertiary/aromatic N) is 2. The molecule has 0 spiro atoms. The van der Waals surface area contributed by atoms with Gasteiger partial charge in [-0.25, -0.2) is 8.42 Å². The molecule has 0 aliphatic heterocycles. The SMILES string of the molecule is CCC(C(=O)NC1CCCC1)N(Cc1ccccc1)C(=O)CN(c1ccc(Cl)cc1C)S(C)(=O)=O. The van der Waals surface area contributed by atoms with E-state index in [0.717, 1.165) is 41.8 Å². The van der Waals surface area contributed by atoms with Gasteiger partial charge in [-0.1, -0.05) is 61.7 Å². The molecule has 1 aliphatic rings. The van der Waals surface area contributed by atoms with E-state index in [1.54, 1.807) is 25.1 Å². The Bertz CT molecular complexity index is 1130. The number of hydrogen-bond donors (Lipinski definition) is 1. The number of rotatable bonds is 10. The molecule has 1 unspecified atom stereocenters. The van der Waals surface area contributed by atoms with Gasteiger partial charge < -0.3 is 10.2 Å². The Morgan fingerprint density at radius 1 is 1.11 bits per heavy atom. The third-order valence-corrected chi connectivity index (χ3v) is 7.75. The van der Waals surface area contributed by atoms with E-state index in [1.807, 2.05) is 37.3 Å². The molecule has 9 heteroatoms. The van der Waals surface area contributed by atoms with Crippen LogP contribution in [0.2, 0.25) is 5.02 Å². The fourth-order valence-corrected chi connectivity index (χ4v) is 5.69. The maximum Gasteiger partial charge on any atom is 0.244 e. The predicted molar refractivity (Wildman–Crippen MR) is 140 cm³/mol. The van der Waals surface area contributed by atoms with E-state index in [9.17, 15) is 18.0 Å². The Hall–Kier alpha value is -2.58. The van der Waals surface area contributed by atoms with Crippen molar-refractivity contribution in [3.05, 3.63) is 64.7 Å². The third kappa shape index (κ3) is 7.21. The lowest BCUT2D eigenvalue weighted by molar-refractivity contribution is -0.140. The van der Waals surface area contributed by atoms with E-state index in [0.29, 0.717) is 22.7 Å². The van der Waals surface area contributed by atoms with Crippen molar-refractivity contribution < 1.29 is 18.0 Å². The predicted octanol–water partition coefficient (Wildman–Crippen LogP) is 4.28. The zero-order valence-corrected chi connectivity index (χ0v) is 22.1. The monoisotopic (exact) mass is 519 g/mol. The lowest BCUT2D eigenvalue weighted by atomic mass is 10.1. The van der Waals surface area contributed by atoms with Crippen LogP contribution in [0.3, 0.4) is 0 Å². The summed E-state index contributed by atoms with van der Waals surface area (Å²) in [6.45, 7) is 3.40. The molecule has 1 saturated carbocycles. The van der Waals surface area contributed by atoms with Crippen molar-refractivity contribution >= 4 is 39.1 Å². The second kappa shape index (κ2) is 11.9. The summed E-state index contributed by atoms with van der Waals surface area (Å²) in [5.41, 5.74) is 1.88. The summed E-state index contributed by atoms with van der Waals surface area (Å²) in [6, 6.07) is 13.7. The molecule has 1 N–H and O–H groups in total. The van der Waals surface area contributed by atoms with Crippen LogP contribution in [-0.2, 0) is 26.2 Å². The molecule has 2 aromatic rings. The zero-order valence-electron chi connectivity index (χ0n) is 20.5. The molecule has 0 aromatic heterocycles. The van der Waals surface area contributed by atoms with Gasteiger partial charge in [0.15, 0.2) is 0 Å². The summed E-state index contributed by atoms with van der Waals surface area (Å²) >= 11 is 6.06. The van der Waals surface area contributed by atoms with Crippen LogP contribution in [0.25, 0.3) is 0 Å². The number of nitrogens with one attached hydrogen (secondary N) is 1. The Morgan fingerprint density at radius 2 is 1.77 bits per heavy atom. The molecule has 1 fully saturated rings. The normalized spacial score (nSPS) is 15.0. The highest BCUT2D eigenvalue weighted by atomic mass is 35.5. The van der Waals surface area contributed by atoms with E-state index in [1.165, 1.54) is 4.90 Å². The van der Waals surface area contributed by atoms with Crippen LogP contribution in [0.5, 0.6) is 0 Å². The molecule has 0 heterocycles. The zero-order chi connectivity index (χ0) is 25.6. The van der Waals surface area contributed by atoms with E-state index < -0.39 is 28.5 Å². The van der Waals surface area contributed by atoms with E-state index >= 15 is 0 Å². The van der Waals surface area contributed by atoms with Crippen LogP contribution in [0.4, 0.5) is 5.69 Å². The van der Waals surface area contributed by atoms with Crippen LogP contribution >= 0.6 is 11.6 Å². The molecular formula is C26H34ClN3O4S. The average molecular weight is 520 g/mol. The van der Waals surface area contributed by atoms with Crippen molar-refractivity contribution in [3.8, 4) is 0 Å². The fourth-order valence-electron chi connectivity index (χ4n) is 4.56. The summed E-state index contributed by atoms with van der Waals surface area (Å²) in [6.07, 6.45) is 5.52. The Labute approximate surface area is 213 Å². The van der Waals surface area contributed by atoms with Gasteiger partial charge in [0.25, 0.3) is 0 Å². The Kier molecular flexibility index (Phi) is 9.19. The van der Waals surface area contributed by atoms with Crippen LogP contribution < -0.4 is 9.62 Å². The van der Waals surface area contributed by atoms with E-state index in [-0.39, 0.29) is 18.5 Å². The highest BCUT2D eigenvalue weighted by molar-refractivity contribution is 7.92. The molecule has 0 saturated heterocycles. The van der Waals surface area contributed by atoms with Gasteiger partial charge in [-0.15, -0.1) is 0 Å². The number of amides is 2. The van der Waals surface area contributed by atoms with Crippen molar-refractivity contribution in [2.75, 3.05) is 17.1 Å². The van der Waals surface area contributed by atoms with Gasteiger partial charge in [0, 0.05) is 17.6 Å². The minimum absolute atomic E-state index is 0.120. The number of hydrogen-bond acceptors (Lipinski definition) is 4. The van der Waals surface area contributed by atoms with Crippen LogP contribution in [0.1, 0.15) is 50.2 Å². The Balaban J connectivity index is 1.92. The number of carbonyl (C=O) groups is 2. The van der Waals surface area contributed by atoms with Crippen molar-refractivity contribution in [1.29, 1.82) is 0 Å². The summed E-state index contributed by atoms with van der Waals surface area (Å²) < 4.78 is 26.5. The van der Waals surface area contributed by atoms with Crippen LogP contribution in [-0.4, -0.2) is 50.0 Å². The van der Waals surface area contributed by atoms with Gasteiger partial charge in [-0.05, 0) is 55.5 Å². The van der Waals surface area contributed by atoms with Crippen molar-refractivity contribution in [2.45, 2.75) is 64.6 Å². The molecule has 1 atom stereocenters. The molecule has 2 amide bonds. The average Bonchev–Trinajstić information content (AvgIpc) is 3.30. The summed E-state index contributed by atoms with van der Waals surface area (Å²) in [7, 11) is -3.78. The number of anilines is 1. The first kappa shape index (κ1) is 27.0. The van der Waals surface area contributed by atoms with Gasteiger partial charge in [-0.3, -0.25) is 13.9 Å². The first-order valence-electron chi connectivity index (χ1n) is 12.0. The molecular weight excluding hydrogens is 486 g/mol. The van der Waals surface area contributed by atoms with Gasteiger partial charge in [-0.2, -0.15) is 0 Å². The molecule has 0 bridgehead atoms. The van der Waals surface area contributed by atoms with Crippen molar-refractivity contribution in [1.82, 2.24) is 10.2 Å². The number of benzene rings is 2. The smallest absolute Gasteiger partial charge is 0.244 e. The van der Waals surface area contributed by atoms with E-state index in [2.05, 4.69) is 5.32 Å². The first-order valence-corrected chi connectivity index (χ1v) is 14.2. The topological polar surface area (TPSA) is 86.8 Å². The Morgan fingerprint density at radius 3 is 2.34 bits per heavy atom. The third-order valence-electron chi connectivity index (χ3n) is 6.39. The maximum absolute atomic E-state index is 13.7. The summed E-state index contributed by atoms with van der Waals surface area (Å²) in [5, 5.41) is 3.58. The van der Waals surface area contributed by atoms with Crippen LogP contribution in [0.15, 0.2) is 48.5 Å². The molecule has 35 heavy (non-hydrogen) atoms. The molecule has 2 aromatic carbocycles. The molecule has 3 rings (SSSR count). The number of sulfonamides is 1. The second-order valence-corrected chi connectivity index (χ2v) is 11.5.